The second kappa shape index (κ2) is 5.37. The lowest BCUT2D eigenvalue weighted by atomic mass is 10.2. The number of alkyl halides is 1. The molecule has 1 amide bonds. The molecule has 0 aliphatic heterocycles. The number of rotatable bonds is 3. The number of amides is 1. The Morgan fingerprint density at radius 2 is 2.27 bits per heavy atom. The third-order valence-corrected chi connectivity index (χ3v) is 2.84. The van der Waals surface area contributed by atoms with E-state index in [4.69, 9.17) is 11.6 Å². The molecule has 0 saturated carbocycles. The quantitative estimate of drug-likeness (QED) is 0.869. The van der Waals surface area contributed by atoms with E-state index in [0.717, 1.165) is 5.56 Å². The highest BCUT2D eigenvalue weighted by Crippen LogP contribution is 2.24. The Morgan fingerprint density at radius 1 is 1.60 bits per heavy atom. The van der Waals surface area contributed by atoms with Crippen LogP contribution in [0.25, 0.3) is 0 Å². The van der Waals surface area contributed by atoms with Gasteiger partial charge in [0.2, 0.25) is 5.91 Å². The van der Waals surface area contributed by atoms with Crippen LogP contribution in [0.2, 0.25) is 0 Å². The zero-order valence-electron chi connectivity index (χ0n) is 8.20. The summed E-state index contributed by atoms with van der Waals surface area (Å²) in [6.45, 7) is 0.477. The van der Waals surface area contributed by atoms with Gasteiger partial charge in [0.15, 0.2) is 0 Å². The second-order valence-electron chi connectivity index (χ2n) is 3.17. The second-order valence-corrected chi connectivity index (χ2v) is 4.29. The van der Waals surface area contributed by atoms with Crippen LogP contribution in [0.5, 0.6) is 5.75 Å². The molecule has 0 fully saturated rings. The number of phenols is 1. The van der Waals surface area contributed by atoms with E-state index in [1.54, 1.807) is 25.2 Å². The first-order valence-corrected chi connectivity index (χ1v) is 5.64. The number of carbonyl (C=O) groups excluding carboxylic acids is 1. The zero-order chi connectivity index (χ0) is 11.4. The van der Waals surface area contributed by atoms with E-state index in [9.17, 15) is 9.90 Å². The van der Waals surface area contributed by atoms with Crippen molar-refractivity contribution in [3.05, 3.63) is 28.2 Å². The van der Waals surface area contributed by atoms with Gasteiger partial charge in [0.05, 0.1) is 4.47 Å². The summed E-state index contributed by atoms with van der Waals surface area (Å²) < 4.78 is 0.617. The molecule has 0 spiro atoms. The van der Waals surface area contributed by atoms with E-state index in [0.29, 0.717) is 11.0 Å². The van der Waals surface area contributed by atoms with Gasteiger partial charge in [-0.05, 0) is 33.6 Å². The van der Waals surface area contributed by atoms with Crippen molar-refractivity contribution >= 4 is 33.4 Å². The Labute approximate surface area is 102 Å². The number of phenolic OH excluding ortho intramolecular Hbond substituents is 1. The summed E-state index contributed by atoms with van der Waals surface area (Å²) in [6.07, 6.45) is 0. The van der Waals surface area contributed by atoms with Gasteiger partial charge in [0, 0.05) is 13.6 Å². The fourth-order valence-electron chi connectivity index (χ4n) is 1.11. The minimum atomic E-state index is -0.124. The summed E-state index contributed by atoms with van der Waals surface area (Å²) in [7, 11) is 1.69. The fraction of sp³-hybridized carbons (Fsp3) is 0.300. The molecule has 0 heterocycles. The molecule has 0 atom stereocenters. The summed E-state index contributed by atoms with van der Waals surface area (Å²) in [5.74, 6) is 0.0430. The van der Waals surface area contributed by atoms with Crippen LogP contribution in [-0.4, -0.2) is 28.8 Å². The number of benzene rings is 1. The predicted octanol–water partition coefficient (Wildman–Crippen LogP) is 2.35. The smallest absolute Gasteiger partial charge is 0.237 e. The Kier molecular flexibility index (Phi) is 4.42. The molecule has 0 aliphatic rings. The SMILES string of the molecule is CN(Cc1ccc(O)c(Br)c1)C(=O)CCl. The average Bonchev–Trinajstić information content (AvgIpc) is 2.22. The highest BCUT2D eigenvalue weighted by molar-refractivity contribution is 9.10. The number of carbonyl (C=O) groups is 1. The molecule has 3 nitrogen and oxygen atoms in total. The van der Waals surface area contributed by atoms with Gasteiger partial charge in [0.25, 0.3) is 0 Å². The molecule has 1 N–H and O–H groups in total. The molecule has 0 bridgehead atoms. The van der Waals surface area contributed by atoms with Gasteiger partial charge in [-0.15, -0.1) is 11.6 Å². The normalized spacial score (nSPS) is 10.1. The van der Waals surface area contributed by atoms with Crippen LogP contribution in [0.15, 0.2) is 22.7 Å². The van der Waals surface area contributed by atoms with Crippen LogP contribution in [0.3, 0.4) is 0 Å². The van der Waals surface area contributed by atoms with Gasteiger partial charge < -0.3 is 10.0 Å². The van der Waals surface area contributed by atoms with E-state index in [1.165, 1.54) is 4.90 Å². The summed E-state index contributed by atoms with van der Waals surface area (Å²) in [4.78, 5) is 12.7. The molecule has 0 unspecified atom stereocenters. The van der Waals surface area contributed by atoms with Crippen LogP contribution in [0.4, 0.5) is 0 Å². The average molecular weight is 293 g/mol. The molecule has 5 heteroatoms. The van der Waals surface area contributed by atoms with E-state index >= 15 is 0 Å². The van der Waals surface area contributed by atoms with Gasteiger partial charge in [-0.3, -0.25) is 4.79 Å². The van der Waals surface area contributed by atoms with E-state index in [-0.39, 0.29) is 17.5 Å². The minimum absolute atomic E-state index is 0.0181. The number of aromatic hydroxyl groups is 1. The molecule has 1 rings (SSSR count). The standard InChI is InChI=1S/C10H11BrClNO2/c1-13(10(15)5-12)6-7-2-3-9(14)8(11)4-7/h2-4,14H,5-6H2,1H3. The number of hydrogen-bond donors (Lipinski definition) is 1. The van der Waals surface area contributed by atoms with E-state index in [2.05, 4.69) is 15.9 Å². The number of hydrogen-bond acceptors (Lipinski definition) is 2. The minimum Gasteiger partial charge on any atom is -0.507 e. The van der Waals surface area contributed by atoms with E-state index in [1.807, 2.05) is 0 Å². The molecular weight excluding hydrogens is 281 g/mol. The Bertz CT molecular complexity index is 370. The lowest BCUT2D eigenvalue weighted by molar-refractivity contribution is -0.127. The van der Waals surface area contributed by atoms with Gasteiger partial charge in [0.1, 0.15) is 11.6 Å². The zero-order valence-corrected chi connectivity index (χ0v) is 10.5. The van der Waals surface area contributed by atoms with Gasteiger partial charge in [-0.1, -0.05) is 6.07 Å². The molecule has 0 aromatic heterocycles. The van der Waals surface area contributed by atoms with Crippen LogP contribution in [-0.2, 0) is 11.3 Å². The van der Waals surface area contributed by atoms with Crippen molar-refractivity contribution < 1.29 is 9.90 Å². The fourth-order valence-corrected chi connectivity index (χ4v) is 1.74. The van der Waals surface area contributed by atoms with Crippen molar-refractivity contribution in [3.63, 3.8) is 0 Å². The summed E-state index contributed by atoms with van der Waals surface area (Å²) in [5.41, 5.74) is 0.931. The first kappa shape index (κ1) is 12.3. The Hall–Kier alpha value is -0.740. The first-order valence-electron chi connectivity index (χ1n) is 4.32. The maximum Gasteiger partial charge on any atom is 0.237 e. The topological polar surface area (TPSA) is 40.5 Å². The van der Waals surface area contributed by atoms with Gasteiger partial charge >= 0.3 is 0 Å². The summed E-state index contributed by atoms with van der Waals surface area (Å²) in [5, 5.41) is 9.28. The maximum absolute atomic E-state index is 11.2. The maximum atomic E-state index is 11.2. The van der Waals surface area contributed by atoms with E-state index < -0.39 is 0 Å². The molecular formula is C10H11BrClNO2. The van der Waals surface area contributed by atoms with Crippen LogP contribution in [0, 0.1) is 0 Å². The summed E-state index contributed by atoms with van der Waals surface area (Å²) >= 11 is 8.64. The number of nitrogens with zero attached hydrogens (tertiary/aromatic N) is 1. The van der Waals surface area contributed by atoms with Crippen molar-refractivity contribution in [2.24, 2.45) is 0 Å². The predicted molar refractivity (Wildman–Crippen MR) is 63.0 cm³/mol. The molecule has 82 valence electrons. The van der Waals surface area contributed by atoms with Gasteiger partial charge in [-0.25, -0.2) is 0 Å². The van der Waals surface area contributed by atoms with Gasteiger partial charge in [-0.2, -0.15) is 0 Å². The number of halogens is 2. The highest BCUT2D eigenvalue weighted by atomic mass is 79.9. The Balaban J connectivity index is 2.73. The molecule has 1 aromatic carbocycles. The molecule has 0 saturated heterocycles. The summed E-state index contributed by atoms with van der Waals surface area (Å²) in [6, 6.07) is 5.11. The van der Waals surface area contributed by atoms with Crippen molar-refractivity contribution in [1.29, 1.82) is 0 Å². The lowest BCUT2D eigenvalue weighted by Gasteiger charge is -2.15. The molecule has 15 heavy (non-hydrogen) atoms. The van der Waals surface area contributed by atoms with Crippen LogP contribution >= 0.6 is 27.5 Å². The third-order valence-electron chi connectivity index (χ3n) is 1.97. The highest BCUT2D eigenvalue weighted by Gasteiger charge is 2.08. The van der Waals surface area contributed by atoms with Crippen LogP contribution < -0.4 is 0 Å². The Morgan fingerprint density at radius 3 is 2.80 bits per heavy atom. The lowest BCUT2D eigenvalue weighted by Crippen LogP contribution is -2.27. The van der Waals surface area contributed by atoms with Crippen LogP contribution in [0.1, 0.15) is 5.56 Å². The third kappa shape index (κ3) is 3.39. The first-order chi connectivity index (χ1) is 7.04. The monoisotopic (exact) mass is 291 g/mol. The largest absolute Gasteiger partial charge is 0.507 e. The van der Waals surface area contributed by atoms with Crippen molar-refractivity contribution in [1.82, 2.24) is 4.90 Å². The molecule has 0 aliphatic carbocycles. The van der Waals surface area contributed by atoms with Crippen molar-refractivity contribution in [3.8, 4) is 5.75 Å². The van der Waals surface area contributed by atoms with Crippen molar-refractivity contribution in [2.45, 2.75) is 6.54 Å². The molecule has 0 radical (unpaired) electrons. The van der Waals surface area contributed by atoms with Crippen molar-refractivity contribution in [2.75, 3.05) is 12.9 Å². The molecule has 1 aromatic rings.